The fraction of sp³-hybridized carbons (Fsp3) is 0.489. The molecule has 6 N–H and O–H groups in total. The number of benzene rings is 3. The second kappa shape index (κ2) is 15.6. The monoisotopic (exact) mass is 719 g/mol. The summed E-state index contributed by atoms with van der Waals surface area (Å²) in [6, 6.07) is 16.6. The maximum atomic E-state index is 15.1. The Kier molecular flexibility index (Phi) is 10.9. The van der Waals surface area contributed by atoms with E-state index in [-0.39, 0.29) is 65.6 Å². The molecule has 9 unspecified atom stereocenters. The molecule has 2 fully saturated rings. The van der Waals surface area contributed by atoms with Gasteiger partial charge in [0.15, 0.2) is 23.0 Å². The maximum Gasteiger partial charge on any atom is 0.160 e. The number of ether oxygens (including phenoxy) is 1. The Morgan fingerprint density at radius 3 is 2.53 bits per heavy atom. The van der Waals surface area contributed by atoms with E-state index in [9.17, 15) is 25.5 Å². The molecule has 4 aliphatic rings. The lowest BCUT2D eigenvalue weighted by molar-refractivity contribution is -0.133. The minimum atomic E-state index is -1.02. The molecule has 1 saturated heterocycles. The smallest absolute Gasteiger partial charge is 0.160 e. The van der Waals surface area contributed by atoms with E-state index in [0.717, 1.165) is 55.2 Å². The molecule has 0 bridgehead atoms. The second-order valence-electron chi connectivity index (χ2n) is 15.7. The van der Waals surface area contributed by atoms with Gasteiger partial charge >= 0.3 is 0 Å². The van der Waals surface area contributed by atoms with E-state index in [1.807, 2.05) is 24.3 Å². The van der Waals surface area contributed by atoms with Gasteiger partial charge in [0, 0.05) is 54.0 Å². The molecule has 1 aliphatic heterocycles. The number of aliphatic hydroxyl groups excluding tert-OH is 2. The molecule has 0 aromatic heterocycles. The van der Waals surface area contributed by atoms with Gasteiger partial charge in [-0.25, -0.2) is 0 Å². The zero-order valence-electron chi connectivity index (χ0n) is 30.8. The molecule has 9 atom stereocenters. The summed E-state index contributed by atoms with van der Waals surface area (Å²) in [5.74, 6) is 5.00. The molecule has 0 radical (unpaired) electrons. The number of Topliss-reactive ketones (excluding diaryl/α,β-unsaturated/α-hetero) is 1. The van der Waals surface area contributed by atoms with Gasteiger partial charge in [0.2, 0.25) is 0 Å². The van der Waals surface area contributed by atoms with Gasteiger partial charge in [-0.05, 0) is 83.7 Å². The third kappa shape index (κ3) is 6.73. The lowest BCUT2D eigenvalue weighted by Gasteiger charge is -2.61. The minimum Gasteiger partial charge on any atom is -0.504 e. The number of carbonyl (C=O) groups excluding carboxylic acids is 1. The number of phenols is 3. The van der Waals surface area contributed by atoms with Crippen molar-refractivity contribution >= 4 is 11.9 Å². The molecule has 53 heavy (non-hydrogen) atoms. The molecule has 1 heterocycles. The van der Waals surface area contributed by atoms with Crippen molar-refractivity contribution in [2.45, 2.75) is 94.8 Å². The fourth-order valence-electron chi connectivity index (χ4n) is 10.4. The molecule has 1 saturated carbocycles. The van der Waals surface area contributed by atoms with Crippen molar-refractivity contribution in [1.29, 1.82) is 0 Å². The van der Waals surface area contributed by atoms with Crippen LogP contribution in [0.1, 0.15) is 92.0 Å². The summed E-state index contributed by atoms with van der Waals surface area (Å²) in [5.41, 5.74) is 3.33. The Labute approximate surface area is 312 Å². The van der Waals surface area contributed by atoms with Gasteiger partial charge in [-0.15, -0.1) is 0 Å². The molecule has 280 valence electrons. The number of aliphatic hydroxyl groups is 2. The molecule has 8 heteroatoms. The predicted molar refractivity (Wildman–Crippen MR) is 205 cm³/mol. The normalized spacial score (nSPS) is 30.5. The summed E-state index contributed by atoms with van der Waals surface area (Å²) in [4.78, 5) is 15.1. The number of fused-ring (bicyclic) bond motifs is 2. The molecule has 3 aliphatic carbocycles. The first kappa shape index (κ1) is 37.0. The van der Waals surface area contributed by atoms with E-state index in [4.69, 9.17) is 4.74 Å². The number of piperidine rings is 1. The topological polar surface area (TPSA) is 139 Å². The third-order valence-electron chi connectivity index (χ3n) is 12.9. The summed E-state index contributed by atoms with van der Waals surface area (Å²) in [6.45, 7) is 2.34. The van der Waals surface area contributed by atoms with E-state index in [1.54, 1.807) is 18.2 Å². The quantitative estimate of drug-likeness (QED) is 0.0812. The summed E-state index contributed by atoms with van der Waals surface area (Å²) < 4.78 is 5.54. The van der Waals surface area contributed by atoms with E-state index in [1.165, 1.54) is 13.2 Å². The molecular formula is C45H53NO7. The van der Waals surface area contributed by atoms with Gasteiger partial charge < -0.3 is 35.6 Å². The van der Waals surface area contributed by atoms with Crippen LogP contribution in [-0.2, 0) is 23.2 Å². The average Bonchev–Trinajstić information content (AvgIpc) is 3.16. The van der Waals surface area contributed by atoms with Gasteiger partial charge in [0.1, 0.15) is 5.78 Å². The van der Waals surface area contributed by atoms with Gasteiger partial charge in [-0.2, -0.15) is 0 Å². The third-order valence-corrected chi connectivity index (χ3v) is 12.9. The van der Waals surface area contributed by atoms with Crippen molar-refractivity contribution in [3.63, 3.8) is 0 Å². The lowest BCUT2D eigenvalue weighted by atomic mass is 9.46. The van der Waals surface area contributed by atoms with Crippen LogP contribution < -0.4 is 10.1 Å². The number of ketones is 1. The van der Waals surface area contributed by atoms with Crippen LogP contribution >= 0.6 is 0 Å². The minimum absolute atomic E-state index is 0.0228. The SMILES string of the molecule is CCCCCC1C(=O)CC(c2cc(OC)c(O)cc2CO)C(Cc2ccccc2)C#CC2CNC3CCCC4C=Cc5cc(O)c(O)cc5C43C2C1O. The molecule has 8 nitrogen and oxygen atoms in total. The lowest BCUT2D eigenvalue weighted by Crippen LogP contribution is -2.69. The van der Waals surface area contributed by atoms with E-state index < -0.39 is 29.3 Å². The van der Waals surface area contributed by atoms with Crippen molar-refractivity contribution in [3.05, 3.63) is 88.5 Å². The highest BCUT2D eigenvalue weighted by molar-refractivity contribution is 5.83. The van der Waals surface area contributed by atoms with Gasteiger partial charge in [0.05, 0.1) is 19.8 Å². The van der Waals surface area contributed by atoms with Crippen LogP contribution in [0.5, 0.6) is 23.0 Å². The van der Waals surface area contributed by atoms with Crippen molar-refractivity contribution in [1.82, 2.24) is 5.32 Å². The van der Waals surface area contributed by atoms with Gasteiger partial charge in [-0.1, -0.05) is 86.9 Å². The van der Waals surface area contributed by atoms with Gasteiger partial charge in [0.25, 0.3) is 0 Å². The zero-order valence-corrected chi connectivity index (χ0v) is 30.8. The van der Waals surface area contributed by atoms with Crippen molar-refractivity contribution in [2.24, 2.45) is 29.6 Å². The van der Waals surface area contributed by atoms with E-state index >= 15 is 4.79 Å². The average molecular weight is 720 g/mol. The van der Waals surface area contributed by atoms with Gasteiger partial charge in [-0.3, -0.25) is 4.79 Å². The first-order chi connectivity index (χ1) is 25.7. The van der Waals surface area contributed by atoms with E-state index in [0.29, 0.717) is 30.5 Å². The van der Waals surface area contributed by atoms with Crippen LogP contribution in [0.4, 0.5) is 0 Å². The molecule has 1 spiro atoms. The van der Waals surface area contributed by atoms with Crippen molar-refractivity contribution in [3.8, 4) is 34.8 Å². The fourth-order valence-corrected chi connectivity index (χ4v) is 10.4. The largest absolute Gasteiger partial charge is 0.504 e. The molecule has 7 rings (SSSR count). The first-order valence-electron chi connectivity index (χ1n) is 19.5. The number of methoxy groups -OCH3 is 1. The number of rotatable bonds is 9. The Morgan fingerprint density at radius 1 is 0.981 bits per heavy atom. The molecule has 0 amide bonds. The van der Waals surface area contributed by atoms with E-state index in [2.05, 4.69) is 42.3 Å². The van der Waals surface area contributed by atoms with Crippen LogP contribution in [-0.4, -0.2) is 57.1 Å². The second-order valence-corrected chi connectivity index (χ2v) is 15.7. The molecule has 3 aromatic carbocycles. The highest BCUT2D eigenvalue weighted by atomic mass is 16.5. The van der Waals surface area contributed by atoms with Crippen LogP contribution in [0.15, 0.2) is 60.7 Å². The highest BCUT2D eigenvalue weighted by Gasteiger charge is 2.62. The standard InChI is InChI=1S/C45H53NO7/c1-3-4-6-13-33-37(48)22-34(35-23-41(53-2)40(51)21-31(35)26-47)28(19-27-10-7-5-8-11-27)15-16-30-25-46-42-14-9-12-32-18-17-29-20-38(49)39(50)24-36(29)45(32,42)43(30)44(33)52/h5,7-8,10-11,17-18,20-21,23-24,28,30,32-34,42-44,46-47,49-52H,3-4,6,9,12-14,19,22,25-26H2,1-2H3. The first-order valence-corrected chi connectivity index (χ1v) is 19.5. The Balaban J connectivity index is 1.45. The number of hydrogen-bond donors (Lipinski definition) is 6. The Bertz CT molecular complexity index is 1900. The van der Waals surface area contributed by atoms with Crippen LogP contribution in [0.3, 0.4) is 0 Å². The summed E-state index contributed by atoms with van der Waals surface area (Å²) in [5, 5.41) is 59.7. The number of carbonyl (C=O) groups is 1. The number of phenolic OH excluding ortho intramolecular Hbond substituents is 3. The maximum absolute atomic E-state index is 15.1. The van der Waals surface area contributed by atoms with Crippen LogP contribution in [0.2, 0.25) is 0 Å². The number of aromatic hydroxyl groups is 3. The number of nitrogens with one attached hydrogen (secondary N) is 1. The molecule has 3 aromatic rings. The number of hydrogen-bond acceptors (Lipinski definition) is 8. The van der Waals surface area contributed by atoms with Crippen molar-refractivity contribution in [2.75, 3.05) is 13.7 Å². The van der Waals surface area contributed by atoms with Crippen LogP contribution in [0, 0.1) is 41.4 Å². The Hall–Kier alpha value is -4.29. The molecular weight excluding hydrogens is 666 g/mol. The summed E-state index contributed by atoms with van der Waals surface area (Å²) >= 11 is 0. The predicted octanol–water partition coefficient (Wildman–Crippen LogP) is 6.75. The van der Waals surface area contributed by atoms with Crippen molar-refractivity contribution < 1.29 is 35.1 Å². The highest BCUT2D eigenvalue weighted by Crippen LogP contribution is 2.59. The zero-order chi connectivity index (χ0) is 37.3. The summed E-state index contributed by atoms with van der Waals surface area (Å²) in [6.07, 6.45) is 9.92. The Morgan fingerprint density at radius 2 is 1.77 bits per heavy atom. The number of unbranched alkanes of at least 4 members (excludes halogenated alkanes) is 2. The summed E-state index contributed by atoms with van der Waals surface area (Å²) in [7, 11) is 1.48. The number of allylic oxidation sites excluding steroid dienone is 1. The van der Waals surface area contributed by atoms with Crippen LogP contribution in [0.25, 0.3) is 6.08 Å².